The SMILES string of the molecule is CCOC(=O)CCCCC[n+]1c(-c2ccccc2)c2cc(NC(=O)OCC)ccc2c2ccc(NC(=O)OCC)cc21. The molecule has 42 heavy (non-hydrogen) atoms. The number of nitrogens with zero attached hydrogens (tertiary/aromatic N) is 1. The van der Waals surface area contributed by atoms with Crippen molar-refractivity contribution in [1.82, 2.24) is 0 Å². The van der Waals surface area contributed by atoms with Crippen LogP contribution in [0.1, 0.15) is 46.5 Å². The average Bonchev–Trinajstić information content (AvgIpc) is 2.97. The van der Waals surface area contributed by atoms with Gasteiger partial charge in [-0.05, 0) is 70.0 Å². The van der Waals surface area contributed by atoms with Crippen LogP contribution in [0.4, 0.5) is 21.0 Å². The first-order valence-corrected chi connectivity index (χ1v) is 14.5. The van der Waals surface area contributed by atoms with Crippen molar-refractivity contribution >= 4 is 51.2 Å². The summed E-state index contributed by atoms with van der Waals surface area (Å²) in [4.78, 5) is 36.3. The molecule has 0 spiro atoms. The van der Waals surface area contributed by atoms with Crippen LogP contribution in [0.25, 0.3) is 32.9 Å². The van der Waals surface area contributed by atoms with Crippen LogP contribution in [0, 0.1) is 0 Å². The second-order valence-corrected chi connectivity index (χ2v) is 9.67. The van der Waals surface area contributed by atoms with Crippen molar-refractivity contribution in [3.63, 3.8) is 0 Å². The highest BCUT2D eigenvalue weighted by atomic mass is 16.6. The summed E-state index contributed by atoms with van der Waals surface area (Å²) in [5.41, 5.74) is 4.17. The molecule has 1 heterocycles. The Morgan fingerprint density at radius 1 is 0.667 bits per heavy atom. The zero-order chi connectivity index (χ0) is 29.9. The van der Waals surface area contributed by atoms with Crippen molar-refractivity contribution < 1.29 is 33.2 Å². The number of carbonyl (C=O) groups excluding carboxylic acids is 3. The summed E-state index contributed by atoms with van der Waals surface area (Å²) in [6.45, 7) is 6.93. The quantitative estimate of drug-likeness (QED) is 0.0611. The van der Waals surface area contributed by atoms with Crippen LogP contribution in [0.3, 0.4) is 0 Å². The number of fused-ring (bicyclic) bond motifs is 3. The zero-order valence-electron chi connectivity index (χ0n) is 24.4. The second-order valence-electron chi connectivity index (χ2n) is 9.67. The minimum absolute atomic E-state index is 0.178. The summed E-state index contributed by atoms with van der Waals surface area (Å²) in [7, 11) is 0. The minimum Gasteiger partial charge on any atom is -0.466 e. The number of unbranched alkanes of at least 4 members (excludes halogenated alkanes) is 2. The lowest BCUT2D eigenvalue weighted by Gasteiger charge is -2.15. The Bertz CT molecular complexity index is 1550. The number of aromatic nitrogens is 1. The number of hydrogen-bond donors (Lipinski definition) is 2. The molecule has 0 saturated carbocycles. The lowest BCUT2D eigenvalue weighted by Crippen LogP contribution is -2.38. The molecule has 220 valence electrons. The van der Waals surface area contributed by atoms with Gasteiger partial charge in [0.2, 0.25) is 11.2 Å². The summed E-state index contributed by atoms with van der Waals surface area (Å²) in [6.07, 6.45) is 1.75. The van der Waals surface area contributed by atoms with Gasteiger partial charge in [0.15, 0.2) is 0 Å². The number of esters is 1. The van der Waals surface area contributed by atoms with E-state index in [0.29, 0.717) is 30.9 Å². The maximum Gasteiger partial charge on any atom is 0.411 e. The van der Waals surface area contributed by atoms with Gasteiger partial charge in [-0.1, -0.05) is 24.3 Å². The van der Waals surface area contributed by atoms with E-state index in [-0.39, 0.29) is 19.2 Å². The molecule has 2 amide bonds. The van der Waals surface area contributed by atoms with Crippen LogP contribution in [-0.4, -0.2) is 38.0 Å². The van der Waals surface area contributed by atoms with E-state index >= 15 is 0 Å². The molecule has 2 N–H and O–H groups in total. The summed E-state index contributed by atoms with van der Waals surface area (Å²) in [6, 6.07) is 21.7. The Morgan fingerprint density at radius 2 is 1.29 bits per heavy atom. The zero-order valence-corrected chi connectivity index (χ0v) is 24.4. The molecule has 0 atom stereocenters. The van der Waals surface area contributed by atoms with Gasteiger partial charge >= 0.3 is 18.2 Å². The number of hydrogen-bond acceptors (Lipinski definition) is 6. The van der Waals surface area contributed by atoms with Gasteiger partial charge in [-0.15, -0.1) is 0 Å². The van der Waals surface area contributed by atoms with E-state index < -0.39 is 12.2 Å². The number of rotatable bonds is 12. The van der Waals surface area contributed by atoms with Gasteiger partial charge in [0.1, 0.15) is 6.54 Å². The molecule has 4 aromatic rings. The Kier molecular flexibility index (Phi) is 10.7. The predicted octanol–water partition coefficient (Wildman–Crippen LogP) is 7.21. The first-order valence-electron chi connectivity index (χ1n) is 14.5. The van der Waals surface area contributed by atoms with Crippen LogP contribution in [0.15, 0.2) is 66.7 Å². The number of ether oxygens (including phenoxy) is 3. The lowest BCUT2D eigenvalue weighted by atomic mass is 9.97. The van der Waals surface area contributed by atoms with Crippen molar-refractivity contribution in [2.24, 2.45) is 0 Å². The van der Waals surface area contributed by atoms with Crippen molar-refractivity contribution in [2.75, 3.05) is 30.5 Å². The van der Waals surface area contributed by atoms with E-state index in [9.17, 15) is 14.4 Å². The molecule has 0 aliphatic carbocycles. The molecular weight excluding hydrogens is 534 g/mol. The van der Waals surface area contributed by atoms with Gasteiger partial charge in [0.25, 0.3) is 0 Å². The third-order valence-corrected chi connectivity index (χ3v) is 6.78. The molecule has 0 aliphatic heterocycles. The summed E-state index contributed by atoms with van der Waals surface area (Å²) in [5, 5.41) is 8.61. The number of amides is 2. The fourth-order valence-corrected chi connectivity index (χ4v) is 5.04. The summed E-state index contributed by atoms with van der Waals surface area (Å²) < 4.78 is 17.5. The van der Waals surface area contributed by atoms with Crippen molar-refractivity contribution in [2.45, 2.75) is 53.0 Å². The number of pyridine rings is 1. The van der Waals surface area contributed by atoms with Crippen molar-refractivity contribution in [1.29, 1.82) is 0 Å². The van der Waals surface area contributed by atoms with E-state index in [4.69, 9.17) is 14.2 Å². The first-order chi connectivity index (χ1) is 20.4. The maximum atomic E-state index is 12.2. The van der Waals surface area contributed by atoms with Crippen LogP contribution in [0.2, 0.25) is 0 Å². The van der Waals surface area contributed by atoms with Crippen LogP contribution in [0.5, 0.6) is 0 Å². The van der Waals surface area contributed by atoms with Gasteiger partial charge in [0, 0.05) is 35.5 Å². The summed E-state index contributed by atoms with van der Waals surface area (Å²) in [5.74, 6) is -0.178. The minimum atomic E-state index is -0.513. The molecule has 9 heteroatoms. The first kappa shape index (κ1) is 30.3. The van der Waals surface area contributed by atoms with Gasteiger partial charge in [0.05, 0.1) is 36.3 Å². The Balaban J connectivity index is 1.85. The molecule has 0 unspecified atom stereocenters. The fourth-order valence-electron chi connectivity index (χ4n) is 5.04. The van der Waals surface area contributed by atoms with E-state index in [2.05, 4.69) is 27.3 Å². The topological polar surface area (TPSA) is 107 Å². The molecule has 3 aromatic carbocycles. The number of nitrogens with one attached hydrogen (secondary N) is 2. The molecule has 1 aromatic heterocycles. The Hall–Kier alpha value is -4.66. The number of aryl methyl sites for hydroxylation is 1. The van der Waals surface area contributed by atoms with E-state index in [1.807, 2.05) is 61.5 Å². The molecule has 0 bridgehead atoms. The highest BCUT2D eigenvalue weighted by Crippen LogP contribution is 2.34. The lowest BCUT2D eigenvalue weighted by molar-refractivity contribution is -0.659. The van der Waals surface area contributed by atoms with Gasteiger partial charge in [-0.2, -0.15) is 4.57 Å². The molecular formula is C33H38N3O6+. The van der Waals surface area contributed by atoms with Crippen LogP contribution >= 0.6 is 0 Å². The van der Waals surface area contributed by atoms with Crippen molar-refractivity contribution in [3.05, 3.63) is 66.7 Å². The smallest absolute Gasteiger partial charge is 0.411 e. The van der Waals surface area contributed by atoms with E-state index in [1.54, 1.807) is 13.8 Å². The maximum absolute atomic E-state index is 12.2. The van der Waals surface area contributed by atoms with E-state index in [0.717, 1.165) is 52.2 Å². The standard InChI is InChI=1S/C33H37N3O6/c1-4-40-30(37)15-11-8-12-20-36-29-22-25(35-33(39)42-6-3)17-19-27(29)26-18-16-24(34-32(38)41-5-2)21-28(26)31(36)23-13-9-7-10-14-23/h7,9-10,13-14,16-19,21-22H,4-6,8,11-12,15,20H2,1-3H3,(H,34,38)/p+1. The molecule has 4 rings (SSSR count). The monoisotopic (exact) mass is 572 g/mol. The number of anilines is 2. The van der Waals surface area contributed by atoms with Gasteiger partial charge in [-0.25, -0.2) is 9.59 Å². The second kappa shape index (κ2) is 14.8. The molecule has 0 fully saturated rings. The van der Waals surface area contributed by atoms with Crippen molar-refractivity contribution in [3.8, 4) is 11.3 Å². The predicted molar refractivity (Wildman–Crippen MR) is 163 cm³/mol. The molecule has 9 nitrogen and oxygen atoms in total. The highest BCUT2D eigenvalue weighted by Gasteiger charge is 2.24. The average molecular weight is 573 g/mol. The number of benzene rings is 3. The third-order valence-electron chi connectivity index (χ3n) is 6.78. The van der Waals surface area contributed by atoms with Gasteiger partial charge < -0.3 is 14.2 Å². The Morgan fingerprint density at radius 3 is 1.93 bits per heavy atom. The highest BCUT2D eigenvalue weighted by molar-refractivity contribution is 6.11. The normalized spacial score (nSPS) is 10.8. The van der Waals surface area contributed by atoms with Crippen LogP contribution in [-0.2, 0) is 25.5 Å². The molecule has 0 aliphatic rings. The largest absolute Gasteiger partial charge is 0.466 e. The van der Waals surface area contributed by atoms with Gasteiger partial charge in [-0.3, -0.25) is 15.4 Å². The third kappa shape index (κ3) is 7.54. The number of carbonyl (C=O) groups is 3. The summed E-state index contributed by atoms with van der Waals surface area (Å²) >= 11 is 0. The molecule has 0 radical (unpaired) electrons. The fraction of sp³-hybridized carbons (Fsp3) is 0.333. The van der Waals surface area contributed by atoms with E-state index in [1.165, 1.54) is 0 Å². The molecule has 0 saturated heterocycles. The van der Waals surface area contributed by atoms with Crippen LogP contribution < -0.4 is 15.2 Å². The Labute approximate surface area is 245 Å².